The van der Waals surface area contributed by atoms with E-state index < -0.39 is 0 Å². The highest BCUT2D eigenvalue weighted by Gasteiger charge is 2.32. The number of rotatable bonds is 7. The highest BCUT2D eigenvalue weighted by Crippen LogP contribution is 2.31. The van der Waals surface area contributed by atoms with Crippen molar-refractivity contribution in [3.05, 3.63) is 12.2 Å². The van der Waals surface area contributed by atoms with Crippen molar-refractivity contribution in [1.82, 2.24) is 20.1 Å². The van der Waals surface area contributed by atoms with E-state index in [4.69, 9.17) is 0 Å². The zero-order chi connectivity index (χ0) is 14.4. The molecule has 0 atom stereocenters. The number of aromatic nitrogens is 3. The summed E-state index contributed by atoms with van der Waals surface area (Å²) in [4.78, 5) is 16.6. The Labute approximate surface area is 121 Å². The predicted molar refractivity (Wildman–Crippen MR) is 78.5 cm³/mol. The molecule has 0 amide bonds. The lowest BCUT2D eigenvalue weighted by molar-refractivity contribution is -0.120. The van der Waals surface area contributed by atoms with Crippen molar-refractivity contribution in [2.45, 2.75) is 70.4 Å². The molecule has 5 heteroatoms. The highest BCUT2D eigenvalue weighted by molar-refractivity contribution is 5.81. The van der Waals surface area contributed by atoms with Gasteiger partial charge in [-0.15, -0.1) is 0 Å². The van der Waals surface area contributed by atoms with Crippen LogP contribution in [-0.4, -0.2) is 33.1 Å². The van der Waals surface area contributed by atoms with Crippen LogP contribution in [0.15, 0.2) is 6.33 Å². The van der Waals surface area contributed by atoms with Gasteiger partial charge >= 0.3 is 0 Å². The van der Waals surface area contributed by atoms with E-state index in [-0.39, 0.29) is 11.3 Å². The van der Waals surface area contributed by atoms with Gasteiger partial charge in [0.2, 0.25) is 0 Å². The summed E-state index contributed by atoms with van der Waals surface area (Å²) in [6.45, 7) is 2.94. The third kappa shape index (κ3) is 3.66. The molecular formula is C15H26N4O. The van der Waals surface area contributed by atoms with E-state index in [1.807, 2.05) is 11.7 Å². The third-order valence-corrected chi connectivity index (χ3v) is 4.36. The molecule has 2 rings (SSSR count). The molecule has 1 aliphatic rings. The quantitative estimate of drug-likeness (QED) is 0.830. The lowest BCUT2D eigenvalue weighted by Gasteiger charge is -2.36. The number of hydrogen-bond acceptors (Lipinski definition) is 4. The van der Waals surface area contributed by atoms with Crippen molar-refractivity contribution in [1.29, 1.82) is 0 Å². The average Bonchev–Trinajstić information content (AvgIpc) is 2.87. The first-order valence-electron chi connectivity index (χ1n) is 7.76. The van der Waals surface area contributed by atoms with Crippen LogP contribution in [0.2, 0.25) is 0 Å². The number of nitrogens with one attached hydrogen (secondary N) is 1. The van der Waals surface area contributed by atoms with Gasteiger partial charge in [-0.1, -0.05) is 26.2 Å². The molecule has 5 nitrogen and oxygen atoms in total. The van der Waals surface area contributed by atoms with Crippen LogP contribution in [0.25, 0.3) is 0 Å². The first-order valence-corrected chi connectivity index (χ1v) is 7.76. The summed E-state index contributed by atoms with van der Waals surface area (Å²) in [5.41, 5.74) is 0.0188. The van der Waals surface area contributed by atoms with Gasteiger partial charge < -0.3 is 5.32 Å². The molecule has 0 bridgehead atoms. The molecule has 1 aliphatic carbocycles. The molecule has 20 heavy (non-hydrogen) atoms. The standard InChI is InChI=1S/C15H26N4O/c1-3-9-19-14(17-12-18-19)10-13(20)11-15(16-2)7-5-4-6-8-15/h12,16H,3-11H2,1-2H3. The second kappa shape index (κ2) is 6.97. The smallest absolute Gasteiger partial charge is 0.142 e. The second-order valence-electron chi connectivity index (χ2n) is 5.88. The lowest BCUT2D eigenvalue weighted by atomic mass is 9.78. The highest BCUT2D eigenvalue weighted by atomic mass is 16.1. The minimum absolute atomic E-state index is 0.0188. The molecular weight excluding hydrogens is 252 g/mol. The Morgan fingerprint density at radius 3 is 2.80 bits per heavy atom. The Kier molecular flexibility index (Phi) is 5.29. The van der Waals surface area contributed by atoms with E-state index >= 15 is 0 Å². The average molecular weight is 278 g/mol. The minimum atomic E-state index is 0.0188. The van der Waals surface area contributed by atoms with E-state index in [9.17, 15) is 4.79 Å². The molecule has 0 spiro atoms. The molecule has 1 saturated carbocycles. The van der Waals surface area contributed by atoms with Gasteiger partial charge in [0.05, 0.1) is 6.42 Å². The fourth-order valence-corrected chi connectivity index (χ4v) is 3.18. The first kappa shape index (κ1) is 15.2. The van der Waals surface area contributed by atoms with Crippen LogP contribution in [0.1, 0.15) is 57.7 Å². The number of nitrogens with zero attached hydrogens (tertiary/aromatic N) is 3. The molecule has 1 heterocycles. The Morgan fingerprint density at radius 2 is 2.15 bits per heavy atom. The molecule has 112 valence electrons. The van der Waals surface area contributed by atoms with Gasteiger partial charge in [0.15, 0.2) is 0 Å². The Balaban J connectivity index is 1.95. The second-order valence-corrected chi connectivity index (χ2v) is 5.88. The topological polar surface area (TPSA) is 59.8 Å². The van der Waals surface area contributed by atoms with Gasteiger partial charge in [0.25, 0.3) is 0 Å². The zero-order valence-corrected chi connectivity index (χ0v) is 12.7. The molecule has 0 saturated heterocycles. The zero-order valence-electron chi connectivity index (χ0n) is 12.7. The molecule has 1 fully saturated rings. The summed E-state index contributed by atoms with van der Waals surface area (Å²) in [6, 6.07) is 0. The van der Waals surface area contributed by atoms with Gasteiger partial charge in [0.1, 0.15) is 17.9 Å². The number of aryl methyl sites for hydroxylation is 1. The molecule has 0 aromatic carbocycles. The van der Waals surface area contributed by atoms with Crippen molar-refractivity contribution in [3.63, 3.8) is 0 Å². The van der Waals surface area contributed by atoms with E-state index in [1.54, 1.807) is 6.33 Å². The Bertz CT molecular complexity index is 435. The molecule has 0 unspecified atom stereocenters. The van der Waals surface area contributed by atoms with Gasteiger partial charge in [-0.3, -0.25) is 4.79 Å². The van der Waals surface area contributed by atoms with Crippen LogP contribution in [0, 0.1) is 0 Å². The summed E-state index contributed by atoms with van der Waals surface area (Å²) in [7, 11) is 1.98. The number of Topliss-reactive ketones (excluding diaryl/α,β-unsaturated/α-hetero) is 1. The van der Waals surface area contributed by atoms with Crippen molar-refractivity contribution >= 4 is 5.78 Å². The summed E-state index contributed by atoms with van der Waals surface area (Å²) >= 11 is 0. The fraction of sp³-hybridized carbons (Fsp3) is 0.800. The molecule has 0 aliphatic heterocycles. The summed E-state index contributed by atoms with van der Waals surface area (Å²) in [5.74, 6) is 1.07. The van der Waals surface area contributed by atoms with E-state index in [1.165, 1.54) is 19.3 Å². The number of carbonyl (C=O) groups is 1. The van der Waals surface area contributed by atoms with Gasteiger partial charge in [-0.05, 0) is 26.3 Å². The fourth-order valence-electron chi connectivity index (χ4n) is 3.18. The molecule has 1 aromatic heterocycles. The van der Waals surface area contributed by atoms with E-state index in [0.29, 0.717) is 12.8 Å². The molecule has 1 N–H and O–H groups in total. The Morgan fingerprint density at radius 1 is 1.40 bits per heavy atom. The largest absolute Gasteiger partial charge is 0.314 e. The normalized spacial score (nSPS) is 18.1. The first-order chi connectivity index (χ1) is 9.69. The van der Waals surface area contributed by atoms with Crippen LogP contribution in [0.4, 0.5) is 0 Å². The maximum Gasteiger partial charge on any atom is 0.142 e. The van der Waals surface area contributed by atoms with Crippen LogP contribution >= 0.6 is 0 Å². The maximum atomic E-state index is 12.4. The van der Waals surface area contributed by atoms with Gasteiger partial charge in [-0.2, -0.15) is 5.10 Å². The monoisotopic (exact) mass is 278 g/mol. The van der Waals surface area contributed by atoms with Crippen molar-refractivity contribution in [2.75, 3.05) is 7.05 Å². The van der Waals surface area contributed by atoms with Crippen LogP contribution in [0.3, 0.4) is 0 Å². The lowest BCUT2D eigenvalue weighted by Crippen LogP contribution is -2.46. The predicted octanol–water partition coefficient (Wildman–Crippen LogP) is 2.11. The summed E-state index contributed by atoms with van der Waals surface area (Å²) in [6.07, 6.45) is 9.53. The summed E-state index contributed by atoms with van der Waals surface area (Å²) < 4.78 is 1.85. The number of ketones is 1. The van der Waals surface area contributed by atoms with E-state index in [0.717, 1.165) is 31.6 Å². The Hall–Kier alpha value is -1.23. The minimum Gasteiger partial charge on any atom is -0.314 e. The van der Waals surface area contributed by atoms with Crippen molar-refractivity contribution in [2.24, 2.45) is 0 Å². The van der Waals surface area contributed by atoms with Gasteiger partial charge in [0, 0.05) is 18.5 Å². The summed E-state index contributed by atoms with van der Waals surface area (Å²) in [5, 5.41) is 7.59. The van der Waals surface area contributed by atoms with E-state index in [2.05, 4.69) is 22.3 Å². The van der Waals surface area contributed by atoms with Crippen molar-refractivity contribution < 1.29 is 4.79 Å². The van der Waals surface area contributed by atoms with Crippen molar-refractivity contribution in [3.8, 4) is 0 Å². The number of hydrogen-bond donors (Lipinski definition) is 1. The van der Waals surface area contributed by atoms with Crippen LogP contribution < -0.4 is 5.32 Å². The SMILES string of the molecule is CCCn1ncnc1CC(=O)CC1(NC)CCCCC1. The van der Waals surface area contributed by atoms with Gasteiger partial charge in [-0.25, -0.2) is 9.67 Å². The van der Waals surface area contributed by atoms with Crippen LogP contribution in [-0.2, 0) is 17.8 Å². The molecule has 1 aromatic rings. The number of carbonyl (C=O) groups excluding carboxylic acids is 1. The third-order valence-electron chi connectivity index (χ3n) is 4.36. The maximum absolute atomic E-state index is 12.4. The molecule has 0 radical (unpaired) electrons. The van der Waals surface area contributed by atoms with Crippen LogP contribution in [0.5, 0.6) is 0 Å².